The molecule has 0 fully saturated rings. The van der Waals surface area contributed by atoms with E-state index < -0.39 is 0 Å². The van der Waals surface area contributed by atoms with Gasteiger partial charge in [0, 0.05) is 13.2 Å². The summed E-state index contributed by atoms with van der Waals surface area (Å²) < 4.78 is 0. The minimum Gasteiger partial charge on any atom is -0.370 e. The van der Waals surface area contributed by atoms with E-state index in [0.717, 1.165) is 11.1 Å². The Hall–Kier alpha value is -1.75. The van der Waals surface area contributed by atoms with E-state index in [1.807, 2.05) is 37.6 Å². The van der Waals surface area contributed by atoms with E-state index in [0.29, 0.717) is 0 Å². The summed E-state index contributed by atoms with van der Waals surface area (Å²) in [5, 5.41) is 8.88. The van der Waals surface area contributed by atoms with E-state index in [4.69, 9.17) is 5.26 Å². The van der Waals surface area contributed by atoms with Gasteiger partial charge in [0.05, 0.1) is 17.7 Å². The first-order chi connectivity index (χ1) is 6.33. The van der Waals surface area contributed by atoms with Crippen molar-refractivity contribution < 1.29 is 0 Å². The van der Waals surface area contributed by atoms with Crippen molar-refractivity contribution in [2.24, 2.45) is 0 Å². The second-order valence-electron chi connectivity index (χ2n) is 3.15. The Labute approximate surface area is 77.8 Å². The normalized spacial score (nSPS) is 24.6. The molecule has 0 bridgehead atoms. The molecule has 1 aliphatic heterocycles. The Morgan fingerprint density at radius 1 is 1.38 bits per heavy atom. The van der Waals surface area contributed by atoms with Gasteiger partial charge in [-0.1, -0.05) is 24.3 Å². The molecular formula is C11H10N2. The zero-order chi connectivity index (χ0) is 9.26. The number of likely N-dealkylation sites (N-methyl/N-ethyl adjacent to an activating group) is 1. The van der Waals surface area contributed by atoms with Crippen LogP contribution in [0.3, 0.4) is 0 Å². The number of allylic oxidation sites excluding steroid dienone is 4. The van der Waals surface area contributed by atoms with Crippen LogP contribution in [0.4, 0.5) is 0 Å². The molecule has 0 spiro atoms. The maximum absolute atomic E-state index is 8.88. The number of fused-ring (bicyclic) bond motifs is 1. The number of nitriles is 1. The quantitative estimate of drug-likeness (QED) is 0.554. The Balaban J connectivity index is 2.49. The maximum atomic E-state index is 8.88. The summed E-state index contributed by atoms with van der Waals surface area (Å²) in [6, 6.07) is 2.45. The number of nitrogens with zero attached hydrogens (tertiary/aromatic N) is 2. The van der Waals surface area contributed by atoms with Crippen molar-refractivity contribution in [2.45, 2.75) is 6.04 Å². The molecule has 2 aliphatic rings. The third-order valence-electron chi connectivity index (χ3n) is 2.35. The Bertz CT molecular complexity index is 377. The lowest BCUT2D eigenvalue weighted by atomic mass is 9.94. The first-order valence-electron chi connectivity index (χ1n) is 4.22. The number of rotatable bonds is 0. The van der Waals surface area contributed by atoms with Crippen LogP contribution in [-0.4, -0.2) is 18.0 Å². The van der Waals surface area contributed by atoms with E-state index in [1.54, 1.807) is 0 Å². The molecule has 0 aromatic rings. The third-order valence-corrected chi connectivity index (χ3v) is 2.35. The molecule has 1 unspecified atom stereocenters. The summed E-state index contributed by atoms with van der Waals surface area (Å²) in [6.07, 6.45) is 11.9. The Morgan fingerprint density at radius 2 is 2.23 bits per heavy atom. The van der Waals surface area contributed by atoms with Crippen LogP contribution < -0.4 is 0 Å². The Morgan fingerprint density at radius 3 is 3.00 bits per heavy atom. The van der Waals surface area contributed by atoms with E-state index in [-0.39, 0.29) is 6.04 Å². The molecule has 1 aliphatic carbocycles. The van der Waals surface area contributed by atoms with E-state index in [9.17, 15) is 0 Å². The predicted octanol–water partition coefficient (Wildman–Crippen LogP) is 1.76. The van der Waals surface area contributed by atoms with Crippen LogP contribution in [0.2, 0.25) is 0 Å². The standard InChI is InChI=1S/C11H10N2/c1-13-7-6-9(8-12)10-4-2-3-5-11(10)13/h2-7,11H,1H3. The van der Waals surface area contributed by atoms with Crippen LogP contribution >= 0.6 is 0 Å². The summed E-state index contributed by atoms with van der Waals surface area (Å²) >= 11 is 0. The molecule has 0 amide bonds. The van der Waals surface area contributed by atoms with Crippen LogP contribution in [0.5, 0.6) is 0 Å². The van der Waals surface area contributed by atoms with Gasteiger partial charge in [0.1, 0.15) is 0 Å². The van der Waals surface area contributed by atoms with E-state index >= 15 is 0 Å². The van der Waals surface area contributed by atoms with Gasteiger partial charge in [0.15, 0.2) is 0 Å². The lowest BCUT2D eigenvalue weighted by Gasteiger charge is -2.30. The smallest absolute Gasteiger partial charge is 0.0996 e. The van der Waals surface area contributed by atoms with Crippen molar-refractivity contribution in [3.05, 3.63) is 47.7 Å². The van der Waals surface area contributed by atoms with Crippen LogP contribution in [0.15, 0.2) is 47.7 Å². The molecule has 2 nitrogen and oxygen atoms in total. The fraction of sp³-hybridized carbons (Fsp3) is 0.182. The van der Waals surface area contributed by atoms with Crippen molar-refractivity contribution in [1.29, 1.82) is 5.26 Å². The summed E-state index contributed by atoms with van der Waals surface area (Å²) in [6.45, 7) is 0. The van der Waals surface area contributed by atoms with E-state index in [1.165, 1.54) is 0 Å². The van der Waals surface area contributed by atoms with Crippen molar-refractivity contribution in [2.75, 3.05) is 7.05 Å². The highest BCUT2D eigenvalue weighted by molar-refractivity contribution is 5.51. The fourth-order valence-corrected chi connectivity index (χ4v) is 1.62. The van der Waals surface area contributed by atoms with Gasteiger partial charge in [-0.2, -0.15) is 5.26 Å². The topological polar surface area (TPSA) is 27.0 Å². The second kappa shape index (κ2) is 2.95. The summed E-state index contributed by atoms with van der Waals surface area (Å²) in [5.74, 6) is 0. The van der Waals surface area contributed by atoms with E-state index in [2.05, 4.69) is 17.0 Å². The molecule has 0 N–H and O–H groups in total. The lowest BCUT2D eigenvalue weighted by Crippen LogP contribution is -2.30. The number of hydrogen-bond acceptors (Lipinski definition) is 2. The van der Waals surface area contributed by atoms with Crippen molar-refractivity contribution >= 4 is 0 Å². The van der Waals surface area contributed by atoms with Gasteiger partial charge in [0.25, 0.3) is 0 Å². The molecule has 1 heterocycles. The molecule has 0 aromatic heterocycles. The van der Waals surface area contributed by atoms with Gasteiger partial charge >= 0.3 is 0 Å². The minimum absolute atomic E-state index is 0.240. The van der Waals surface area contributed by atoms with Gasteiger partial charge in [-0.25, -0.2) is 0 Å². The van der Waals surface area contributed by atoms with Gasteiger partial charge in [0.2, 0.25) is 0 Å². The molecule has 2 heteroatoms. The van der Waals surface area contributed by atoms with Gasteiger partial charge in [-0.05, 0) is 11.6 Å². The average Bonchev–Trinajstić information content (AvgIpc) is 2.19. The van der Waals surface area contributed by atoms with Crippen LogP contribution in [0, 0.1) is 11.3 Å². The van der Waals surface area contributed by atoms with Crippen molar-refractivity contribution in [1.82, 2.24) is 4.90 Å². The summed E-state index contributed by atoms with van der Waals surface area (Å²) in [4.78, 5) is 2.09. The average molecular weight is 170 g/mol. The monoisotopic (exact) mass is 170 g/mol. The molecule has 0 saturated carbocycles. The van der Waals surface area contributed by atoms with Gasteiger partial charge in [-0.15, -0.1) is 0 Å². The second-order valence-corrected chi connectivity index (χ2v) is 3.15. The van der Waals surface area contributed by atoms with Gasteiger partial charge in [-0.3, -0.25) is 0 Å². The molecule has 64 valence electrons. The van der Waals surface area contributed by atoms with Gasteiger partial charge < -0.3 is 4.90 Å². The zero-order valence-corrected chi connectivity index (χ0v) is 7.44. The maximum Gasteiger partial charge on any atom is 0.0996 e. The fourth-order valence-electron chi connectivity index (χ4n) is 1.62. The van der Waals surface area contributed by atoms with Crippen LogP contribution in [0.1, 0.15) is 0 Å². The minimum atomic E-state index is 0.240. The zero-order valence-electron chi connectivity index (χ0n) is 7.44. The molecule has 2 rings (SSSR count). The molecular weight excluding hydrogens is 160 g/mol. The van der Waals surface area contributed by atoms with Crippen molar-refractivity contribution in [3.8, 4) is 6.07 Å². The highest BCUT2D eigenvalue weighted by Crippen LogP contribution is 2.24. The molecule has 0 aromatic carbocycles. The first kappa shape index (κ1) is 7.88. The summed E-state index contributed by atoms with van der Waals surface area (Å²) in [7, 11) is 2.01. The van der Waals surface area contributed by atoms with Crippen LogP contribution in [0.25, 0.3) is 0 Å². The predicted molar refractivity (Wildman–Crippen MR) is 51.6 cm³/mol. The highest BCUT2D eigenvalue weighted by atomic mass is 15.1. The molecule has 1 atom stereocenters. The largest absolute Gasteiger partial charge is 0.370 e. The molecule has 0 saturated heterocycles. The first-order valence-corrected chi connectivity index (χ1v) is 4.22. The SMILES string of the molecule is CN1C=CC(C#N)=C2C=CC=CC21. The number of hydrogen-bond donors (Lipinski definition) is 0. The Kier molecular flexibility index (Phi) is 1.79. The third kappa shape index (κ3) is 1.19. The van der Waals surface area contributed by atoms with Crippen LogP contribution in [-0.2, 0) is 0 Å². The summed E-state index contributed by atoms with van der Waals surface area (Å²) in [5.41, 5.74) is 1.86. The van der Waals surface area contributed by atoms with Crippen molar-refractivity contribution in [3.63, 3.8) is 0 Å². The highest BCUT2D eigenvalue weighted by Gasteiger charge is 2.20. The lowest BCUT2D eigenvalue weighted by molar-refractivity contribution is 0.420. The molecule has 13 heavy (non-hydrogen) atoms. The molecule has 0 radical (unpaired) electrons.